The number of rotatable bonds is 2. The monoisotopic (exact) mass is 222 g/mol. The lowest BCUT2D eigenvalue weighted by Gasteiger charge is -2.13. The molecule has 1 amide bonds. The van der Waals surface area contributed by atoms with Crippen molar-refractivity contribution in [3.63, 3.8) is 0 Å². The number of halogens is 1. The van der Waals surface area contributed by atoms with Gasteiger partial charge in [-0.3, -0.25) is 4.79 Å². The molecule has 4 heteroatoms. The van der Waals surface area contributed by atoms with Gasteiger partial charge in [-0.05, 0) is 30.7 Å². The third-order valence-electron chi connectivity index (χ3n) is 1.94. The maximum absolute atomic E-state index is 11.8. The van der Waals surface area contributed by atoms with E-state index in [1.54, 1.807) is 25.2 Å². The summed E-state index contributed by atoms with van der Waals surface area (Å²) in [5, 5.41) is 9.00. The molecule has 1 aromatic carbocycles. The van der Waals surface area contributed by atoms with Gasteiger partial charge in [-0.15, -0.1) is 0 Å². The topological polar surface area (TPSA) is 44.1 Å². The molecule has 1 rings (SSSR count). The minimum Gasteiger partial charge on any atom is -0.328 e. The Balaban J connectivity index is 2.97. The molecule has 3 nitrogen and oxygen atoms in total. The van der Waals surface area contributed by atoms with E-state index in [9.17, 15) is 4.79 Å². The third kappa shape index (κ3) is 2.97. The molecule has 0 saturated carbocycles. The molecule has 0 heterocycles. The molecule has 0 N–H and O–H groups in total. The highest BCUT2D eigenvalue weighted by atomic mass is 35.5. The van der Waals surface area contributed by atoms with Gasteiger partial charge < -0.3 is 4.90 Å². The Hall–Kier alpha value is -1.53. The van der Waals surface area contributed by atoms with Gasteiger partial charge in [0.1, 0.15) is 6.54 Å². The highest BCUT2D eigenvalue weighted by Crippen LogP contribution is 2.15. The van der Waals surface area contributed by atoms with Crippen LogP contribution >= 0.6 is 11.6 Å². The van der Waals surface area contributed by atoms with Crippen molar-refractivity contribution in [3.8, 4) is 6.07 Å². The van der Waals surface area contributed by atoms with Gasteiger partial charge in [-0.2, -0.15) is 5.26 Å². The molecule has 1 aromatic rings. The van der Waals surface area contributed by atoms with E-state index in [1.807, 2.05) is 13.0 Å². The van der Waals surface area contributed by atoms with Crippen LogP contribution in [0.1, 0.15) is 15.9 Å². The van der Waals surface area contributed by atoms with Crippen LogP contribution in [0.2, 0.25) is 5.02 Å². The molecular weight excluding hydrogens is 212 g/mol. The third-order valence-corrected chi connectivity index (χ3v) is 2.16. The molecule has 0 spiro atoms. The number of aryl methyl sites for hydroxylation is 1. The molecule has 15 heavy (non-hydrogen) atoms. The minimum atomic E-state index is -0.192. The average Bonchev–Trinajstić information content (AvgIpc) is 2.15. The van der Waals surface area contributed by atoms with E-state index < -0.39 is 0 Å². The van der Waals surface area contributed by atoms with Gasteiger partial charge in [0.25, 0.3) is 5.91 Å². The van der Waals surface area contributed by atoms with Crippen LogP contribution in [0.3, 0.4) is 0 Å². The summed E-state index contributed by atoms with van der Waals surface area (Å²) in [4.78, 5) is 13.1. The first-order valence-electron chi connectivity index (χ1n) is 4.44. The van der Waals surface area contributed by atoms with Crippen LogP contribution in [0.25, 0.3) is 0 Å². The van der Waals surface area contributed by atoms with Crippen LogP contribution in [-0.2, 0) is 0 Å². The first-order chi connectivity index (χ1) is 7.04. The van der Waals surface area contributed by atoms with Crippen molar-refractivity contribution in [1.82, 2.24) is 4.90 Å². The Morgan fingerprint density at radius 2 is 2.20 bits per heavy atom. The summed E-state index contributed by atoms with van der Waals surface area (Å²) in [5.74, 6) is -0.192. The van der Waals surface area contributed by atoms with E-state index in [-0.39, 0.29) is 12.5 Å². The number of carbonyl (C=O) groups is 1. The second-order valence-electron chi connectivity index (χ2n) is 3.34. The van der Waals surface area contributed by atoms with Crippen LogP contribution in [0, 0.1) is 18.3 Å². The van der Waals surface area contributed by atoms with Gasteiger partial charge in [-0.1, -0.05) is 11.6 Å². The lowest BCUT2D eigenvalue weighted by atomic mass is 10.1. The summed E-state index contributed by atoms with van der Waals surface area (Å²) in [6.45, 7) is 1.94. The van der Waals surface area contributed by atoms with E-state index in [4.69, 9.17) is 16.9 Å². The molecule has 0 saturated heterocycles. The number of benzene rings is 1. The summed E-state index contributed by atoms with van der Waals surface area (Å²) >= 11 is 5.84. The lowest BCUT2D eigenvalue weighted by Crippen LogP contribution is -2.26. The van der Waals surface area contributed by atoms with E-state index in [0.29, 0.717) is 10.6 Å². The predicted octanol–water partition coefficient (Wildman–Crippen LogP) is 2.24. The summed E-state index contributed by atoms with van der Waals surface area (Å²) in [5.41, 5.74) is 1.44. The summed E-state index contributed by atoms with van der Waals surface area (Å²) in [6, 6.07) is 7.05. The zero-order chi connectivity index (χ0) is 11.4. The maximum Gasteiger partial charge on any atom is 0.254 e. The van der Waals surface area contributed by atoms with Crippen LogP contribution in [-0.4, -0.2) is 24.4 Å². The minimum absolute atomic E-state index is 0.0738. The quantitative estimate of drug-likeness (QED) is 0.721. The number of nitriles is 1. The number of hydrogen-bond donors (Lipinski definition) is 0. The number of nitrogens with zero attached hydrogens (tertiary/aromatic N) is 2. The fourth-order valence-electron chi connectivity index (χ4n) is 1.26. The maximum atomic E-state index is 11.8. The Morgan fingerprint density at radius 3 is 2.73 bits per heavy atom. The van der Waals surface area contributed by atoms with E-state index in [2.05, 4.69) is 0 Å². The zero-order valence-electron chi connectivity index (χ0n) is 8.62. The van der Waals surface area contributed by atoms with Gasteiger partial charge >= 0.3 is 0 Å². The van der Waals surface area contributed by atoms with Crippen LogP contribution in [0.4, 0.5) is 0 Å². The Bertz CT molecular complexity index is 403. The summed E-state index contributed by atoms with van der Waals surface area (Å²) in [7, 11) is 1.59. The average molecular weight is 223 g/mol. The molecule has 0 bridgehead atoms. The molecule has 0 fully saturated rings. The van der Waals surface area contributed by atoms with Gasteiger partial charge in [0, 0.05) is 17.6 Å². The smallest absolute Gasteiger partial charge is 0.254 e. The SMILES string of the molecule is Cc1cc(Cl)cc(C(=O)N(C)CC#N)c1. The number of amides is 1. The van der Waals surface area contributed by atoms with Crippen molar-refractivity contribution in [2.75, 3.05) is 13.6 Å². The van der Waals surface area contributed by atoms with Gasteiger partial charge in [-0.25, -0.2) is 0 Å². The standard InChI is InChI=1S/C11H11ClN2O/c1-8-5-9(7-10(12)6-8)11(15)14(2)4-3-13/h5-7H,4H2,1-2H3. The van der Waals surface area contributed by atoms with Crippen LogP contribution < -0.4 is 0 Å². The van der Waals surface area contributed by atoms with Gasteiger partial charge in [0.2, 0.25) is 0 Å². The first-order valence-corrected chi connectivity index (χ1v) is 4.82. The Kier molecular flexibility index (Phi) is 3.70. The van der Waals surface area contributed by atoms with Crippen LogP contribution in [0.5, 0.6) is 0 Å². The molecule has 0 aliphatic carbocycles. The Labute approximate surface area is 93.9 Å². The molecule has 0 aliphatic heterocycles. The molecule has 0 aliphatic rings. The van der Waals surface area contributed by atoms with Crippen molar-refractivity contribution in [3.05, 3.63) is 34.3 Å². The fourth-order valence-corrected chi connectivity index (χ4v) is 1.55. The predicted molar refractivity (Wildman–Crippen MR) is 58.8 cm³/mol. The van der Waals surface area contributed by atoms with Gasteiger partial charge in [0.15, 0.2) is 0 Å². The second kappa shape index (κ2) is 4.81. The van der Waals surface area contributed by atoms with E-state index in [0.717, 1.165) is 5.56 Å². The summed E-state index contributed by atoms with van der Waals surface area (Å²) < 4.78 is 0. The molecular formula is C11H11ClN2O. The largest absolute Gasteiger partial charge is 0.328 e. The fraction of sp³-hybridized carbons (Fsp3) is 0.273. The van der Waals surface area contributed by atoms with E-state index in [1.165, 1.54) is 4.90 Å². The highest BCUT2D eigenvalue weighted by molar-refractivity contribution is 6.31. The number of hydrogen-bond acceptors (Lipinski definition) is 2. The number of carbonyl (C=O) groups excluding carboxylic acids is 1. The molecule has 78 valence electrons. The first kappa shape index (κ1) is 11.5. The molecule has 0 atom stereocenters. The summed E-state index contributed by atoms with van der Waals surface area (Å²) in [6.07, 6.45) is 0. The molecule has 0 unspecified atom stereocenters. The second-order valence-corrected chi connectivity index (χ2v) is 3.77. The van der Waals surface area contributed by atoms with Crippen LogP contribution in [0.15, 0.2) is 18.2 Å². The Morgan fingerprint density at radius 1 is 1.53 bits per heavy atom. The van der Waals surface area contributed by atoms with Gasteiger partial charge in [0.05, 0.1) is 6.07 Å². The molecule has 0 aromatic heterocycles. The van der Waals surface area contributed by atoms with Crippen molar-refractivity contribution >= 4 is 17.5 Å². The molecule has 0 radical (unpaired) electrons. The van der Waals surface area contributed by atoms with Crippen molar-refractivity contribution in [1.29, 1.82) is 5.26 Å². The van der Waals surface area contributed by atoms with Crippen molar-refractivity contribution in [2.24, 2.45) is 0 Å². The van der Waals surface area contributed by atoms with Crippen molar-refractivity contribution in [2.45, 2.75) is 6.92 Å². The highest BCUT2D eigenvalue weighted by Gasteiger charge is 2.11. The lowest BCUT2D eigenvalue weighted by molar-refractivity contribution is 0.0812. The van der Waals surface area contributed by atoms with E-state index >= 15 is 0 Å². The zero-order valence-corrected chi connectivity index (χ0v) is 9.38. The normalized spacial score (nSPS) is 9.47. The van der Waals surface area contributed by atoms with Crippen molar-refractivity contribution < 1.29 is 4.79 Å².